The van der Waals surface area contributed by atoms with Crippen molar-refractivity contribution in [2.24, 2.45) is 17.4 Å². The summed E-state index contributed by atoms with van der Waals surface area (Å²) < 4.78 is 0. The van der Waals surface area contributed by atoms with Crippen LogP contribution in [0.4, 0.5) is 0 Å². The van der Waals surface area contributed by atoms with E-state index < -0.39 is 11.8 Å². The fourth-order valence-electron chi connectivity index (χ4n) is 7.71. The zero-order valence-corrected chi connectivity index (χ0v) is 25.7. The van der Waals surface area contributed by atoms with Gasteiger partial charge in [0.15, 0.2) is 0 Å². The summed E-state index contributed by atoms with van der Waals surface area (Å²) in [5, 5.41) is 8.22. The second kappa shape index (κ2) is 13.1. The summed E-state index contributed by atoms with van der Waals surface area (Å²) in [6, 6.07) is 11.4. The van der Waals surface area contributed by atoms with E-state index in [2.05, 4.69) is 27.2 Å². The molecule has 0 aliphatic heterocycles. The average Bonchev–Trinajstić information content (AvgIpc) is 3.73. The molecule has 238 valence electrons. The lowest BCUT2D eigenvalue weighted by Gasteiger charge is -2.35. The molecule has 2 aromatic heterocycles. The normalized spacial score (nSPS) is 23.3. The van der Waals surface area contributed by atoms with Gasteiger partial charge in [-0.15, -0.1) is 0 Å². The number of primary amides is 2. The third-order valence-electron chi connectivity index (χ3n) is 9.74. The van der Waals surface area contributed by atoms with Crippen LogP contribution in [0.15, 0.2) is 73.6 Å². The second-order valence-electron chi connectivity index (χ2n) is 12.7. The highest BCUT2D eigenvalue weighted by Gasteiger charge is 2.31. The third-order valence-corrected chi connectivity index (χ3v) is 9.74. The van der Waals surface area contributed by atoms with Crippen LogP contribution in [0.2, 0.25) is 0 Å². The Hall–Kier alpha value is -5.12. The van der Waals surface area contributed by atoms with Gasteiger partial charge in [0.25, 0.3) is 11.8 Å². The Morgan fingerprint density at radius 1 is 0.717 bits per heavy atom. The van der Waals surface area contributed by atoms with Crippen LogP contribution in [0.3, 0.4) is 0 Å². The molecule has 1 unspecified atom stereocenters. The van der Waals surface area contributed by atoms with Gasteiger partial charge in [-0.25, -0.2) is 0 Å². The number of aromatic amines is 2. The van der Waals surface area contributed by atoms with Crippen LogP contribution in [0, 0.1) is 5.92 Å². The number of nitrogens with two attached hydrogens (primary N) is 2. The zero-order chi connectivity index (χ0) is 32.4. The first kappa shape index (κ1) is 30.9. The molecule has 0 spiro atoms. The highest BCUT2D eigenvalue weighted by Crippen LogP contribution is 2.41. The zero-order valence-electron chi connectivity index (χ0n) is 25.7. The topological polar surface area (TPSA) is 176 Å². The van der Waals surface area contributed by atoms with Crippen LogP contribution in [-0.4, -0.2) is 45.7 Å². The van der Waals surface area contributed by atoms with Crippen molar-refractivity contribution >= 4 is 45.4 Å². The Kier molecular flexibility index (Phi) is 8.78. The number of aromatic nitrogens is 2. The number of allylic oxidation sites excluding steroid dienone is 1. The summed E-state index contributed by atoms with van der Waals surface area (Å²) in [5.41, 5.74) is 15.8. The van der Waals surface area contributed by atoms with Crippen molar-refractivity contribution in [1.29, 1.82) is 0 Å². The maximum atomic E-state index is 13.2. The van der Waals surface area contributed by atoms with E-state index in [1.54, 1.807) is 24.4 Å². The quantitative estimate of drug-likeness (QED) is 0.147. The van der Waals surface area contributed by atoms with Crippen molar-refractivity contribution in [3.63, 3.8) is 0 Å². The number of rotatable bonds is 9. The maximum absolute atomic E-state index is 13.2. The average molecular weight is 621 g/mol. The van der Waals surface area contributed by atoms with Gasteiger partial charge in [0.05, 0.1) is 22.2 Å². The maximum Gasteiger partial charge on any atom is 0.250 e. The molecule has 46 heavy (non-hydrogen) atoms. The van der Waals surface area contributed by atoms with Crippen LogP contribution < -0.4 is 22.1 Å². The molecule has 8 N–H and O–H groups in total. The Morgan fingerprint density at radius 2 is 1.30 bits per heavy atom. The smallest absolute Gasteiger partial charge is 0.250 e. The van der Waals surface area contributed by atoms with Gasteiger partial charge in [0.1, 0.15) is 0 Å². The molecule has 0 radical (unpaired) electrons. The summed E-state index contributed by atoms with van der Waals surface area (Å²) in [4.78, 5) is 55.7. The van der Waals surface area contributed by atoms with Gasteiger partial charge in [0, 0.05) is 35.2 Å². The number of nitrogens with one attached hydrogen (secondary N) is 4. The van der Waals surface area contributed by atoms with Crippen LogP contribution >= 0.6 is 0 Å². The van der Waals surface area contributed by atoms with Crippen molar-refractivity contribution < 1.29 is 19.2 Å². The van der Waals surface area contributed by atoms with Gasteiger partial charge >= 0.3 is 0 Å². The van der Waals surface area contributed by atoms with Gasteiger partial charge in [0.2, 0.25) is 11.8 Å². The first-order valence-corrected chi connectivity index (χ1v) is 15.9. The van der Waals surface area contributed by atoms with E-state index in [-0.39, 0.29) is 41.7 Å². The minimum atomic E-state index is -0.492. The Bertz CT molecular complexity index is 1850. The number of amides is 4. The molecule has 4 amide bonds. The number of fused-ring (bicyclic) bond motifs is 2. The van der Waals surface area contributed by atoms with Crippen molar-refractivity contribution in [3.05, 3.63) is 95.9 Å². The summed E-state index contributed by atoms with van der Waals surface area (Å²) in [6.07, 6.45) is 14.4. The molecule has 4 aromatic rings. The van der Waals surface area contributed by atoms with Crippen LogP contribution in [0.5, 0.6) is 0 Å². The number of H-pyrrole nitrogens is 2. The Morgan fingerprint density at radius 3 is 1.91 bits per heavy atom. The monoisotopic (exact) mass is 620 g/mol. The van der Waals surface area contributed by atoms with Gasteiger partial charge in [-0.1, -0.05) is 31.2 Å². The van der Waals surface area contributed by atoms with E-state index in [0.29, 0.717) is 23.1 Å². The molecule has 2 aliphatic carbocycles. The SMILES string of the molecule is C=CC(=O)N[C@H]1CC(/C=C/C(=O)N[C@H]2CCC[C@@H](c3ccc(C(N)=O)c4[nH]ccc34)C2)C[C@H](c2ccc(C(N)=O)c3[nH]ccc23)C1. The van der Waals surface area contributed by atoms with Crippen LogP contribution in [0.25, 0.3) is 21.8 Å². The molecule has 2 aromatic carbocycles. The summed E-state index contributed by atoms with van der Waals surface area (Å²) in [7, 11) is 0. The fourth-order valence-corrected chi connectivity index (χ4v) is 7.71. The summed E-state index contributed by atoms with van der Waals surface area (Å²) >= 11 is 0. The molecule has 10 nitrogen and oxygen atoms in total. The molecule has 5 atom stereocenters. The van der Waals surface area contributed by atoms with E-state index in [1.165, 1.54) is 6.08 Å². The predicted molar refractivity (Wildman–Crippen MR) is 178 cm³/mol. The predicted octanol–water partition coefficient (Wildman–Crippen LogP) is 4.80. The fraction of sp³-hybridized carbons (Fsp3) is 0.333. The van der Waals surface area contributed by atoms with Crippen molar-refractivity contribution in [3.8, 4) is 0 Å². The minimum Gasteiger partial charge on any atom is -0.366 e. The standard InChI is InChI=1S/C36H40N6O4/c1-2-31(43)42-24-17-20(16-22(19-24)26-8-10-30(36(38)46)34-28(26)13-15-40-34)6-11-32(44)41-23-5-3-4-21(18-23)25-7-9-29(35(37)45)33-27(25)12-14-39-33/h2,6-15,20-24,39-40H,1,3-5,16-19H2,(H2,37,45)(H2,38,46)(H,41,44)(H,42,43)/b11-6+/t20?,21-,22+,23+,24+/m1/s1. The molecule has 2 saturated carbocycles. The lowest BCUT2D eigenvalue weighted by molar-refractivity contribution is -0.118. The van der Waals surface area contributed by atoms with Gasteiger partial charge < -0.3 is 32.1 Å². The van der Waals surface area contributed by atoms with Crippen molar-refractivity contribution in [1.82, 2.24) is 20.6 Å². The number of benzene rings is 2. The highest BCUT2D eigenvalue weighted by atomic mass is 16.2. The number of hydrogen-bond acceptors (Lipinski definition) is 4. The molecule has 2 fully saturated rings. The number of carbonyl (C=O) groups excluding carboxylic acids is 4. The van der Waals surface area contributed by atoms with E-state index in [9.17, 15) is 19.2 Å². The highest BCUT2D eigenvalue weighted by molar-refractivity contribution is 6.06. The molecule has 2 aliphatic rings. The van der Waals surface area contributed by atoms with Gasteiger partial charge in [-0.3, -0.25) is 19.2 Å². The van der Waals surface area contributed by atoms with E-state index >= 15 is 0 Å². The molecule has 10 heteroatoms. The lowest BCUT2D eigenvalue weighted by Crippen LogP contribution is -2.39. The van der Waals surface area contributed by atoms with Crippen molar-refractivity contribution in [2.45, 2.75) is 68.9 Å². The molecule has 0 bridgehead atoms. The molecule has 2 heterocycles. The van der Waals surface area contributed by atoms with Crippen LogP contribution in [-0.2, 0) is 9.59 Å². The Balaban J connectivity index is 1.15. The molecule has 6 rings (SSSR count). The van der Waals surface area contributed by atoms with E-state index in [4.69, 9.17) is 11.5 Å². The van der Waals surface area contributed by atoms with Crippen LogP contribution in [0.1, 0.15) is 88.6 Å². The minimum absolute atomic E-state index is 0.0325. The second-order valence-corrected chi connectivity index (χ2v) is 12.7. The Labute approximate surface area is 267 Å². The summed E-state index contributed by atoms with van der Waals surface area (Å²) in [6.45, 7) is 3.60. The van der Waals surface area contributed by atoms with E-state index in [1.807, 2.05) is 36.5 Å². The van der Waals surface area contributed by atoms with Gasteiger partial charge in [-0.2, -0.15) is 0 Å². The largest absolute Gasteiger partial charge is 0.366 e. The first-order chi connectivity index (χ1) is 22.2. The lowest BCUT2D eigenvalue weighted by atomic mass is 9.74. The molecule has 0 saturated heterocycles. The number of carbonyl (C=O) groups is 4. The summed E-state index contributed by atoms with van der Waals surface area (Å²) in [5.74, 6) is -0.918. The van der Waals surface area contributed by atoms with Gasteiger partial charge in [-0.05, 0) is 104 Å². The van der Waals surface area contributed by atoms with E-state index in [0.717, 1.165) is 65.9 Å². The third kappa shape index (κ3) is 6.33. The molecular formula is C36H40N6O4. The first-order valence-electron chi connectivity index (χ1n) is 15.9. The number of hydrogen-bond donors (Lipinski definition) is 6. The molecular weight excluding hydrogens is 580 g/mol. The van der Waals surface area contributed by atoms with Crippen molar-refractivity contribution in [2.75, 3.05) is 0 Å².